The number of oxazole rings is 1. The smallest absolute Gasteiger partial charge is 0.291 e. The fraction of sp³-hybridized carbons (Fsp3) is 0.391. The van der Waals surface area contributed by atoms with E-state index in [1.807, 2.05) is 18.2 Å². The van der Waals surface area contributed by atoms with Crippen LogP contribution in [0, 0.1) is 0 Å². The van der Waals surface area contributed by atoms with Crippen molar-refractivity contribution in [1.82, 2.24) is 19.4 Å². The second-order valence-electron chi connectivity index (χ2n) is 8.97. The molecule has 2 aliphatic rings. The second-order valence-corrected chi connectivity index (χ2v) is 8.97. The standard InChI is InChI=1S/C23H27N7O4/c24-18-19(30(25)16-4-2-1-3-5-16)27-14-29(22(18)32)13-23(33)8-10-28(11-9-23)21(31)17-12-26-20(34-17)15-6-7-15/h1-5,12,14-15,33H,6-11,13,24-25H2. The summed E-state index contributed by atoms with van der Waals surface area (Å²) in [6, 6.07) is 9.02. The fourth-order valence-electron chi connectivity index (χ4n) is 4.17. The van der Waals surface area contributed by atoms with Gasteiger partial charge in [-0.15, -0.1) is 0 Å². The molecule has 1 aliphatic heterocycles. The van der Waals surface area contributed by atoms with Crippen LogP contribution in [0.15, 0.2) is 52.1 Å². The molecule has 3 aromatic rings. The monoisotopic (exact) mass is 465 g/mol. The number of aromatic nitrogens is 3. The molecular weight excluding hydrogens is 438 g/mol. The highest BCUT2D eigenvalue weighted by molar-refractivity contribution is 5.91. The molecule has 0 atom stereocenters. The lowest BCUT2D eigenvalue weighted by atomic mass is 9.91. The molecular formula is C23H27N7O4. The lowest BCUT2D eigenvalue weighted by Gasteiger charge is -2.38. The van der Waals surface area contributed by atoms with Crippen molar-refractivity contribution in [2.45, 2.75) is 43.7 Å². The van der Waals surface area contributed by atoms with Gasteiger partial charge in [-0.25, -0.2) is 15.8 Å². The summed E-state index contributed by atoms with van der Waals surface area (Å²) in [5.41, 5.74) is 4.91. The molecule has 11 heteroatoms. The van der Waals surface area contributed by atoms with Gasteiger partial charge in [-0.1, -0.05) is 18.2 Å². The number of aliphatic hydroxyl groups is 1. The molecule has 0 radical (unpaired) electrons. The van der Waals surface area contributed by atoms with Gasteiger partial charge < -0.3 is 20.2 Å². The first-order valence-corrected chi connectivity index (χ1v) is 11.3. The van der Waals surface area contributed by atoms with Crippen LogP contribution in [-0.4, -0.2) is 49.1 Å². The van der Waals surface area contributed by atoms with Crippen molar-refractivity contribution in [1.29, 1.82) is 0 Å². The van der Waals surface area contributed by atoms with E-state index in [1.165, 1.54) is 22.1 Å². The summed E-state index contributed by atoms with van der Waals surface area (Å²) in [5, 5.41) is 12.4. The largest absolute Gasteiger partial charge is 0.435 e. The Morgan fingerprint density at radius 1 is 1.21 bits per heavy atom. The molecule has 1 amide bonds. The highest BCUT2D eigenvalue weighted by Crippen LogP contribution is 2.39. The third-order valence-electron chi connectivity index (χ3n) is 6.42. The minimum absolute atomic E-state index is 0.00931. The number of hydrogen-bond acceptors (Lipinski definition) is 9. The van der Waals surface area contributed by atoms with Crippen LogP contribution in [-0.2, 0) is 6.54 Å². The molecule has 1 saturated heterocycles. The van der Waals surface area contributed by atoms with Gasteiger partial charge in [0.15, 0.2) is 11.7 Å². The molecule has 0 unspecified atom stereocenters. The van der Waals surface area contributed by atoms with E-state index in [-0.39, 0.29) is 29.7 Å². The van der Waals surface area contributed by atoms with Crippen LogP contribution in [0.1, 0.15) is 48.0 Å². The van der Waals surface area contributed by atoms with Crippen molar-refractivity contribution in [2.24, 2.45) is 5.84 Å². The Kier molecular flexibility index (Phi) is 5.58. The van der Waals surface area contributed by atoms with Crippen LogP contribution in [0.5, 0.6) is 0 Å². The molecule has 11 nitrogen and oxygen atoms in total. The molecule has 5 N–H and O–H groups in total. The number of carbonyl (C=O) groups is 1. The number of anilines is 3. The van der Waals surface area contributed by atoms with E-state index >= 15 is 0 Å². The van der Waals surface area contributed by atoms with Gasteiger partial charge in [-0.2, -0.15) is 0 Å². The van der Waals surface area contributed by atoms with Crippen molar-refractivity contribution in [3.05, 3.63) is 64.9 Å². The molecule has 1 aromatic carbocycles. The van der Waals surface area contributed by atoms with Crippen LogP contribution < -0.4 is 22.1 Å². The van der Waals surface area contributed by atoms with Gasteiger partial charge in [0.2, 0.25) is 5.76 Å². The predicted octanol–water partition coefficient (Wildman–Crippen LogP) is 1.37. The van der Waals surface area contributed by atoms with Crippen molar-refractivity contribution in [2.75, 3.05) is 23.8 Å². The molecule has 1 aliphatic carbocycles. The Labute approximate surface area is 195 Å². The number of piperidine rings is 1. The minimum atomic E-state index is -1.18. The van der Waals surface area contributed by atoms with E-state index in [0.717, 1.165) is 12.8 Å². The molecule has 3 heterocycles. The summed E-state index contributed by atoms with van der Waals surface area (Å²) in [4.78, 5) is 35.7. The number of hydrazine groups is 1. The van der Waals surface area contributed by atoms with Gasteiger partial charge in [0, 0.05) is 19.0 Å². The molecule has 2 aromatic heterocycles. The number of nitrogen functional groups attached to an aromatic ring is 1. The first kappa shape index (κ1) is 22.1. The molecule has 34 heavy (non-hydrogen) atoms. The number of carbonyl (C=O) groups excluding carboxylic acids is 1. The minimum Gasteiger partial charge on any atom is -0.435 e. The second kappa shape index (κ2) is 8.58. The third kappa shape index (κ3) is 4.27. The van der Waals surface area contributed by atoms with Crippen LogP contribution in [0.2, 0.25) is 0 Å². The van der Waals surface area contributed by atoms with Gasteiger partial charge in [0.25, 0.3) is 11.5 Å². The molecule has 5 rings (SSSR count). The van der Waals surface area contributed by atoms with Gasteiger partial charge >= 0.3 is 0 Å². The van der Waals surface area contributed by atoms with E-state index in [9.17, 15) is 14.7 Å². The van der Waals surface area contributed by atoms with Crippen molar-refractivity contribution >= 4 is 23.1 Å². The highest BCUT2D eigenvalue weighted by atomic mass is 16.4. The maximum Gasteiger partial charge on any atom is 0.291 e. The Bertz CT molecular complexity index is 1240. The lowest BCUT2D eigenvalue weighted by molar-refractivity contribution is -0.0305. The van der Waals surface area contributed by atoms with Gasteiger partial charge in [0.1, 0.15) is 12.0 Å². The van der Waals surface area contributed by atoms with Crippen LogP contribution in [0.4, 0.5) is 17.2 Å². The zero-order valence-corrected chi connectivity index (χ0v) is 18.6. The van der Waals surface area contributed by atoms with Crippen molar-refractivity contribution in [3.63, 3.8) is 0 Å². The number of para-hydroxylation sites is 1. The third-order valence-corrected chi connectivity index (χ3v) is 6.42. The first-order chi connectivity index (χ1) is 16.3. The molecule has 2 fully saturated rings. The van der Waals surface area contributed by atoms with E-state index < -0.39 is 11.2 Å². The molecule has 178 valence electrons. The zero-order chi connectivity index (χ0) is 23.9. The SMILES string of the molecule is Nc1c(N(N)c2ccccc2)ncn(CC2(O)CCN(C(=O)c3cnc(C4CC4)o3)CC2)c1=O. The van der Waals surface area contributed by atoms with Crippen LogP contribution >= 0.6 is 0 Å². The number of amides is 1. The summed E-state index contributed by atoms with van der Waals surface area (Å²) in [6.45, 7) is 0.666. The van der Waals surface area contributed by atoms with E-state index in [0.29, 0.717) is 43.4 Å². The van der Waals surface area contributed by atoms with Gasteiger partial charge in [-0.3, -0.25) is 19.2 Å². The lowest BCUT2D eigenvalue weighted by Crippen LogP contribution is -2.49. The number of nitrogens with two attached hydrogens (primary N) is 2. The van der Waals surface area contributed by atoms with Crippen molar-refractivity contribution in [3.8, 4) is 0 Å². The summed E-state index contributed by atoms with van der Waals surface area (Å²) in [5.74, 6) is 7.17. The fourth-order valence-corrected chi connectivity index (χ4v) is 4.17. The first-order valence-electron chi connectivity index (χ1n) is 11.3. The Balaban J connectivity index is 1.25. The summed E-state index contributed by atoms with van der Waals surface area (Å²) < 4.78 is 6.90. The number of rotatable bonds is 6. The topological polar surface area (TPSA) is 157 Å². The van der Waals surface area contributed by atoms with E-state index in [4.69, 9.17) is 16.0 Å². The maximum absolute atomic E-state index is 12.9. The summed E-state index contributed by atoms with van der Waals surface area (Å²) in [6.07, 6.45) is 5.48. The maximum atomic E-state index is 12.9. The normalized spacial score (nSPS) is 17.5. The van der Waals surface area contributed by atoms with E-state index in [1.54, 1.807) is 17.0 Å². The Morgan fingerprint density at radius 2 is 1.91 bits per heavy atom. The van der Waals surface area contributed by atoms with Crippen LogP contribution in [0.3, 0.4) is 0 Å². The number of benzene rings is 1. The van der Waals surface area contributed by atoms with Gasteiger partial charge in [-0.05, 0) is 37.8 Å². The van der Waals surface area contributed by atoms with Crippen LogP contribution in [0.25, 0.3) is 0 Å². The van der Waals surface area contributed by atoms with Gasteiger partial charge in [0.05, 0.1) is 24.0 Å². The number of hydrogen-bond donors (Lipinski definition) is 3. The number of nitrogens with zero attached hydrogens (tertiary/aromatic N) is 5. The zero-order valence-electron chi connectivity index (χ0n) is 18.6. The molecule has 0 spiro atoms. The van der Waals surface area contributed by atoms with E-state index in [2.05, 4.69) is 9.97 Å². The average molecular weight is 466 g/mol. The molecule has 0 bridgehead atoms. The highest BCUT2D eigenvalue weighted by Gasteiger charge is 2.36. The Morgan fingerprint density at radius 3 is 2.59 bits per heavy atom. The quantitative estimate of drug-likeness (QED) is 0.361. The summed E-state index contributed by atoms with van der Waals surface area (Å²) in [7, 11) is 0. The number of likely N-dealkylation sites (tertiary alicyclic amines) is 1. The molecule has 1 saturated carbocycles. The summed E-state index contributed by atoms with van der Waals surface area (Å²) >= 11 is 0. The Hall–Kier alpha value is -3.70. The van der Waals surface area contributed by atoms with Crippen molar-refractivity contribution < 1.29 is 14.3 Å². The predicted molar refractivity (Wildman–Crippen MR) is 124 cm³/mol. The average Bonchev–Trinajstić information content (AvgIpc) is 3.59.